The van der Waals surface area contributed by atoms with Crippen molar-refractivity contribution < 1.29 is 4.79 Å². The first-order valence-corrected chi connectivity index (χ1v) is 8.02. The van der Waals surface area contributed by atoms with Crippen LogP contribution in [0.2, 0.25) is 0 Å². The van der Waals surface area contributed by atoms with Crippen LogP contribution >= 0.6 is 15.9 Å². The first-order chi connectivity index (χ1) is 11.6. The number of rotatable bonds is 5. The summed E-state index contributed by atoms with van der Waals surface area (Å²) >= 11 is 3.40. The van der Waals surface area contributed by atoms with Crippen LogP contribution in [0, 0.1) is 0 Å². The fraction of sp³-hybridized carbons (Fsp3) is 0.0588. The van der Waals surface area contributed by atoms with Gasteiger partial charge in [0.05, 0.1) is 5.69 Å². The number of hydrogen-bond donors (Lipinski definition) is 1. The Morgan fingerprint density at radius 3 is 2.67 bits per heavy atom. The van der Waals surface area contributed by atoms with Crippen LogP contribution < -0.4 is 5.32 Å². The maximum Gasteiger partial charge on any atom is 0.181 e. The van der Waals surface area contributed by atoms with E-state index in [0.29, 0.717) is 11.4 Å². The van der Waals surface area contributed by atoms with Crippen molar-refractivity contribution in [3.63, 3.8) is 0 Å². The molecule has 120 valence electrons. The highest BCUT2D eigenvalue weighted by Gasteiger charge is 2.06. The number of benzene rings is 2. The maximum atomic E-state index is 11.6. The second kappa shape index (κ2) is 7.18. The van der Waals surface area contributed by atoms with Crippen molar-refractivity contribution in [3.05, 3.63) is 70.6 Å². The van der Waals surface area contributed by atoms with Gasteiger partial charge in [0.25, 0.3) is 0 Å². The van der Waals surface area contributed by atoms with Crippen molar-refractivity contribution >= 4 is 33.5 Å². The summed E-state index contributed by atoms with van der Waals surface area (Å²) in [6.07, 6.45) is 3.46. The Morgan fingerprint density at radius 2 is 1.92 bits per heavy atom. The van der Waals surface area contributed by atoms with Gasteiger partial charge in [0.2, 0.25) is 0 Å². The van der Waals surface area contributed by atoms with Gasteiger partial charge in [-0.25, -0.2) is 0 Å². The van der Waals surface area contributed by atoms with Crippen LogP contribution in [0.4, 0.5) is 5.69 Å². The van der Waals surface area contributed by atoms with E-state index in [-0.39, 0.29) is 5.78 Å². The number of carbonyl (C=O) groups excluding carboxylic acids is 1. The van der Waals surface area contributed by atoms with Crippen molar-refractivity contribution in [1.82, 2.24) is 20.2 Å². The smallest absolute Gasteiger partial charge is 0.181 e. The minimum Gasteiger partial charge on any atom is -0.361 e. The molecule has 0 radical (unpaired) electrons. The van der Waals surface area contributed by atoms with E-state index < -0.39 is 0 Å². The fourth-order valence-corrected chi connectivity index (χ4v) is 2.45. The fourth-order valence-electron chi connectivity index (χ4n) is 2.19. The lowest BCUT2D eigenvalue weighted by Gasteiger charge is -2.06. The van der Waals surface area contributed by atoms with E-state index >= 15 is 0 Å². The molecule has 0 saturated heterocycles. The molecule has 2 aromatic carbocycles. The molecule has 0 unspecified atom stereocenters. The second-order valence-electron chi connectivity index (χ2n) is 5.00. The number of tetrazole rings is 1. The van der Waals surface area contributed by atoms with Crippen LogP contribution in [-0.2, 0) is 0 Å². The van der Waals surface area contributed by atoms with E-state index in [1.165, 1.54) is 6.92 Å². The highest BCUT2D eigenvalue weighted by molar-refractivity contribution is 9.10. The number of Topliss-reactive ketones (excluding diaryl/α,β-unsaturated/α-hetero) is 1. The zero-order valence-electron chi connectivity index (χ0n) is 12.8. The molecule has 6 nitrogen and oxygen atoms in total. The van der Waals surface area contributed by atoms with Gasteiger partial charge in [-0.1, -0.05) is 28.1 Å². The lowest BCUT2D eigenvalue weighted by molar-refractivity contribution is 0.101. The van der Waals surface area contributed by atoms with E-state index in [0.717, 1.165) is 15.8 Å². The average molecular weight is 384 g/mol. The number of anilines is 1. The average Bonchev–Trinajstić information content (AvgIpc) is 3.04. The third-order valence-electron chi connectivity index (χ3n) is 3.34. The number of carbonyl (C=O) groups is 1. The Balaban J connectivity index is 1.81. The Bertz CT molecular complexity index is 886. The van der Waals surface area contributed by atoms with Crippen LogP contribution in [0.15, 0.2) is 59.2 Å². The number of nitrogens with one attached hydrogen (secondary N) is 1. The lowest BCUT2D eigenvalue weighted by atomic mass is 10.1. The SMILES string of the molecule is CC(=O)c1ccccc1N/C=C\c1nnnn1-c1ccc(Br)cc1. The van der Waals surface area contributed by atoms with Gasteiger partial charge in [0.1, 0.15) is 0 Å². The monoisotopic (exact) mass is 383 g/mol. The molecule has 1 N–H and O–H groups in total. The Hall–Kier alpha value is -2.80. The standard InChI is InChI=1S/C17H14BrN5O/c1-12(24)15-4-2-3-5-16(15)19-11-10-17-20-21-22-23(17)14-8-6-13(18)7-9-14/h2-11,19H,1H3/b11-10-. The molecular weight excluding hydrogens is 370 g/mol. The first kappa shape index (κ1) is 16.1. The molecule has 0 atom stereocenters. The molecule has 3 rings (SSSR count). The molecule has 1 aromatic heterocycles. The highest BCUT2D eigenvalue weighted by Crippen LogP contribution is 2.17. The predicted octanol–water partition coefficient (Wildman–Crippen LogP) is 3.71. The number of nitrogens with zero attached hydrogens (tertiary/aromatic N) is 4. The summed E-state index contributed by atoms with van der Waals surface area (Å²) in [5.74, 6) is 0.580. The molecule has 0 spiro atoms. The molecule has 24 heavy (non-hydrogen) atoms. The highest BCUT2D eigenvalue weighted by atomic mass is 79.9. The zero-order valence-corrected chi connectivity index (χ0v) is 14.4. The minimum absolute atomic E-state index is 0.00574. The number of hydrogen-bond acceptors (Lipinski definition) is 5. The van der Waals surface area contributed by atoms with E-state index in [1.54, 1.807) is 23.0 Å². The van der Waals surface area contributed by atoms with E-state index in [2.05, 4.69) is 36.8 Å². The van der Waals surface area contributed by atoms with Gasteiger partial charge in [-0.15, -0.1) is 5.10 Å². The van der Waals surface area contributed by atoms with Crippen molar-refractivity contribution in [2.24, 2.45) is 0 Å². The summed E-state index contributed by atoms with van der Waals surface area (Å²) < 4.78 is 2.61. The summed E-state index contributed by atoms with van der Waals surface area (Å²) in [5, 5.41) is 14.8. The second-order valence-corrected chi connectivity index (χ2v) is 5.92. The Labute approximate surface area is 147 Å². The molecule has 0 bridgehead atoms. The van der Waals surface area contributed by atoms with Gasteiger partial charge < -0.3 is 5.32 Å². The zero-order chi connectivity index (χ0) is 16.9. The van der Waals surface area contributed by atoms with Crippen molar-refractivity contribution in [1.29, 1.82) is 0 Å². The molecule has 0 aliphatic rings. The molecule has 0 saturated carbocycles. The van der Waals surface area contributed by atoms with Crippen LogP contribution in [0.25, 0.3) is 11.8 Å². The molecule has 0 aliphatic heterocycles. The topological polar surface area (TPSA) is 72.7 Å². The molecule has 1 heterocycles. The summed E-state index contributed by atoms with van der Waals surface area (Å²) in [4.78, 5) is 11.6. The first-order valence-electron chi connectivity index (χ1n) is 7.22. The van der Waals surface area contributed by atoms with Crippen LogP contribution in [0.5, 0.6) is 0 Å². The van der Waals surface area contributed by atoms with Crippen LogP contribution in [-0.4, -0.2) is 26.0 Å². The number of halogens is 1. The third-order valence-corrected chi connectivity index (χ3v) is 3.87. The van der Waals surface area contributed by atoms with E-state index in [4.69, 9.17) is 0 Å². The van der Waals surface area contributed by atoms with Crippen LogP contribution in [0.1, 0.15) is 23.1 Å². The summed E-state index contributed by atoms with van der Waals surface area (Å²) in [7, 11) is 0. The van der Waals surface area contributed by atoms with E-state index in [9.17, 15) is 4.79 Å². The molecule has 0 amide bonds. The predicted molar refractivity (Wildman–Crippen MR) is 96.0 cm³/mol. The van der Waals surface area contributed by atoms with Crippen molar-refractivity contribution in [3.8, 4) is 5.69 Å². The summed E-state index contributed by atoms with van der Waals surface area (Å²) in [6.45, 7) is 1.54. The number of aromatic nitrogens is 4. The Kier molecular flexibility index (Phi) is 4.81. The normalized spacial score (nSPS) is 10.9. The van der Waals surface area contributed by atoms with E-state index in [1.807, 2.05) is 42.5 Å². The maximum absolute atomic E-state index is 11.6. The van der Waals surface area contributed by atoms with Gasteiger partial charge in [-0.3, -0.25) is 4.79 Å². The third kappa shape index (κ3) is 3.57. The van der Waals surface area contributed by atoms with Crippen LogP contribution in [0.3, 0.4) is 0 Å². The Morgan fingerprint density at radius 1 is 1.17 bits per heavy atom. The summed E-state index contributed by atoms with van der Waals surface area (Å²) in [5.41, 5.74) is 2.23. The molecule has 7 heteroatoms. The quantitative estimate of drug-likeness (QED) is 0.679. The number of ketones is 1. The molecular formula is C17H14BrN5O. The largest absolute Gasteiger partial charge is 0.361 e. The molecule has 0 aliphatic carbocycles. The lowest BCUT2D eigenvalue weighted by Crippen LogP contribution is -2.01. The van der Waals surface area contributed by atoms with Gasteiger partial charge in [0, 0.05) is 28.0 Å². The minimum atomic E-state index is 0.00574. The van der Waals surface area contributed by atoms with Gasteiger partial charge in [-0.2, -0.15) is 4.68 Å². The summed E-state index contributed by atoms with van der Waals surface area (Å²) in [6, 6.07) is 15.0. The molecule has 0 fully saturated rings. The van der Waals surface area contributed by atoms with Gasteiger partial charge in [0.15, 0.2) is 11.6 Å². The molecule has 3 aromatic rings. The van der Waals surface area contributed by atoms with Crippen molar-refractivity contribution in [2.75, 3.05) is 5.32 Å². The number of para-hydroxylation sites is 1. The van der Waals surface area contributed by atoms with Crippen molar-refractivity contribution in [2.45, 2.75) is 6.92 Å². The van der Waals surface area contributed by atoms with Gasteiger partial charge >= 0.3 is 0 Å². The van der Waals surface area contributed by atoms with Gasteiger partial charge in [-0.05, 0) is 53.7 Å².